The highest BCUT2D eigenvalue weighted by Gasteiger charge is 2.20. The summed E-state index contributed by atoms with van der Waals surface area (Å²) in [6.45, 7) is 2.71. The lowest BCUT2D eigenvalue weighted by atomic mass is 10.4. The molecule has 0 spiro atoms. The fourth-order valence-corrected chi connectivity index (χ4v) is 1.97. The van der Waals surface area contributed by atoms with Crippen LogP contribution in [0.3, 0.4) is 0 Å². The van der Waals surface area contributed by atoms with Gasteiger partial charge in [-0.2, -0.15) is 12.6 Å². The van der Waals surface area contributed by atoms with E-state index in [1.165, 1.54) is 0 Å². The number of hydrogen-bond donors (Lipinski definition) is 1. The van der Waals surface area contributed by atoms with Gasteiger partial charge in [0.05, 0.1) is 11.1 Å². The topological polar surface area (TPSA) is 20.3 Å². The maximum absolute atomic E-state index is 11.2. The molecule has 1 amide bonds. The molecule has 0 saturated carbocycles. The maximum atomic E-state index is 11.2. The smallest absolute Gasteiger partial charge is 0.235 e. The van der Waals surface area contributed by atoms with Crippen LogP contribution in [0.15, 0.2) is 0 Å². The lowest BCUT2D eigenvalue weighted by molar-refractivity contribution is -0.128. The Bertz CT molecular complexity index is 132. The minimum atomic E-state index is -0.140. The van der Waals surface area contributed by atoms with Crippen LogP contribution < -0.4 is 0 Å². The van der Waals surface area contributed by atoms with Crippen molar-refractivity contribution in [1.29, 1.82) is 0 Å². The van der Waals surface area contributed by atoms with Gasteiger partial charge in [0.1, 0.15) is 0 Å². The third-order valence-corrected chi connectivity index (χ3v) is 2.61. The van der Waals surface area contributed by atoms with E-state index in [2.05, 4.69) is 12.6 Å². The second-order valence-corrected chi connectivity index (χ2v) is 4.16. The molecule has 0 aromatic heterocycles. The number of nitrogens with zero attached hydrogens (tertiary/aromatic N) is 1. The Kier molecular flexibility index (Phi) is 2.92. The van der Waals surface area contributed by atoms with E-state index in [4.69, 9.17) is 0 Å². The predicted octanol–water partition coefficient (Wildman–Crippen LogP) is 0.838. The number of hydrogen-bond acceptors (Lipinski definition) is 3. The van der Waals surface area contributed by atoms with Crippen LogP contribution in [0.2, 0.25) is 0 Å². The highest BCUT2D eigenvalue weighted by atomic mass is 32.2. The molecule has 58 valence electrons. The molecule has 1 unspecified atom stereocenters. The summed E-state index contributed by atoms with van der Waals surface area (Å²) in [5.41, 5.74) is 0. The monoisotopic (exact) mass is 177 g/mol. The summed E-state index contributed by atoms with van der Waals surface area (Å²) in [6.07, 6.45) is 0. The van der Waals surface area contributed by atoms with Gasteiger partial charge in [-0.15, -0.1) is 11.8 Å². The first-order chi connectivity index (χ1) is 4.72. The van der Waals surface area contributed by atoms with E-state index in [1.807, 2.05) is 11.8 Å². The summed E-state index contributed by atoms with van der Waals surface area (Å²) in [4.78, 5) is 13.0. The molecule has 1 aliphatic heterocycles. The summed E-state index contributed by atoms with van der Waals surface area (Å²) < 4.78 is 0. The molecule has 0 aromatic rings. The molecule has 0 bridgehead atoms. The summed E-state index contributed by atoms with van der Waals surface area (Å²) in [6, 6.07) is 0. The van der Waals surface area contributed by atoms with Gasteiger partial charge in [0.2, 0.25) is 5.91 Å². The first-order valence-electron chi connectivity index (χ1n) is 3.26. The number of rotatable bonds is 1. The van der Waals surface area contributed by atoms with Crippen molar-refractivity contribution in [1.82, 2.24) is 4.90 Å². The molecule has 2 nitrogen and oxygen atoms in total. The second-order valence-electron chi connectivity index (χ2n) is 2.32. The van der Waals surface area contributed by atoms with Crippen LogP contribution in [0.5, 0.6) is 0 Å². The Labute approximate surface area is 70.8 Å². The Hall–Kier alpha value is 0.170. The summed E-state index contributed by atoms with van der Waals surface area (Å²) in [5, 5.41) is -0.140. The number of thioether (sulfide) groups is 1. The molecule has 1 rings (SSSR count). The SMILES string of the molecule is CC(S)C(=O)N1CCSC1. The first-order valence-corrected chi connectivity index (χ1v) is 4.93. The zero-order valence-electron chi connectivity index (χ0n) is 5.91. The van der Waals surface area contributed by atoms with Gasteiger partial charge >= 0.3 is 0 Å². The van der Waals surface area contributed by atoms with E-state index in [1.54, 1.807) is 11.8 Å². The molecule has 10 heavy (non-hydrogen) atoms. The van der Waals surface area contributed by atoms with Crippen molar-refractivity contribution in [2.75, 3.05) is 18.2 Å². The van der Waals surface area contributed by atoms with Crippen molar-refractivity contribution in [3.05, 3.63) is 0 Å². The van der Waals surface area contributed by atoms with E-state index >= 15 is 0 Å². The summed E-state index contributed by atoms with van der Waals surface area (Å²) >= 11 is 5.87. The fraction of sp³-hybridized carbons (Fsp3) is 0.833. The third-order valence-electron chi connectivity index (χ3n) is 1.42. The number of thiol groups is 1. The molecule has 0 aromatic carbocycles. The second kappa shape index (κ2) is 3.53. The first kappa shape index (κ1) is 8.27. The highest BCUT2D eigenvalue weighted by molar-refractivity contribution is 7.99. The normalized spacial score (nSPS) is 21.2. The fourth-order valence-electron chi connectivity index (χ4n) is 0.852. The van der Waals surface area contributed by atoms with Gasteiger partial charge in [-0.05, 0) is 6.92 Å². The van der Waals surface area contributed by atoms with Gasteiger partial charge in [0, 0.05) is 12.3 Å². The number of carbonyl (C=O) groups is 1. The lowest BCUT2D eigenvalue weighted by Crippen LogP contribution is -2.33. The average molecular weight is 177 g/mol. The van der Waals surface area contributed by atoms with Crippen LogP contribution in [0.4, 0.5) is 0 Å². The molecule has 1 heterocycles. The van der Waals surface area contributed by atoms with Gasteiger partial charge < -0.3 is 4.90 Å². The van der Waals surface area contributed by atoms with Crippen molar-refractivity contribution >= 4 is 30.3 Å². The minimum absolute atomic E-state index is 0.140. The van der Waals surface area contributed by atoms with Crippen molar-refractivity contribution in [3.8, 4) is 0 Å². The van der Waals surface area contributed by atoms with E-state index in [-0.39, 0.29) is 11.2 Å². The largest absolute Gasteiger partial charge is 0.332 e. The van der Waals surface area contributed by atoms with E-state index in [9.17, 15) is 4.79 Å². The standard InChI is InChI=1S/C6H11NOS2/c1-5(9)6(8)7-2-3-10-4-7/h5,9H,2-4H2,1H3. The van der Waals surface area contributed by atoms with Gasteiger partial charge in [0.25, 0.3) is 0 Å². The molecule has 1 aliphatic rings. The Morgan fingerprint density at radius 1 is 1.80 bits per heavy atom. The van der Waals surface area contributed by atoms with Crippen molar-refractivity contribution in [2.24, 2.45) is 0 Å². The van der Waals surface area contributed by atoms with Gasteiger partial charge in [-0.25, -0.2) is 0 Å². The van der Waals surface area contributed by atoms with Gasteiger partial charge in [0.15, 0.2) is 0 Å². The van der Waals surface area contributed by atoms with Crippen molar-refractivity contribution in [3.63, 3.8) is 0 Å². The van der Waals surface area contributed by atoms with E-state index < -0.39 is 0 Å². The molecular formula is C6H11NOS2. The van der Waals surface area contributed by atoms with Crippen LogP contribution in [0, 0.1) is 0 Å². The Morgan fingerprint density at radius 2 is 2.50 bits per heavy atom. The summed E-state index contributed by atoms with van der Waals surface area (Å²) in [7, 11) is 0. The number of carbonyl (C=O) groups excluding carboxylic acids is 1. The molecule has 0 radical (unpaired) electrons. The van der Waals surface area contributed by atoms with Crippen LogP contribution in [0.25, 0.3) is 0 Å². The van der Waals surface area contributed by atoms with E-state index in [0.717, 1.165) is 18.2 Å². The summed E-state index contributed by atoms with van der Waals surface area (Å²) in [5.74, 6) is 2.09. The van der Waals surface area contributed by atoms with Crippen molar-refractivity contribution < 1.29 is 4.79 Å². The van der Waals surface area contributed by atoms with Crippen LogP contribution in [-0.2, 0) is 4.79 Å². The van der Waals surface area contributed by atoms with Crippen LogP contribution in [0.1, 0.15) is 6.92 Å². The van der Waals surface area contributed by atoms with Crippen molar-refractivity contribution in [2.45, 2.75) is 12.2 Å². The van der Waals surface area contributed by atoms with Gasteiger partial charge in [-0.1, -0.05) is 0 Å². The number of amides is 1. The zero-order chi connectivity index (χ0) is 7.56. The molecular weight excluding hydrogens is 166 g/mol. The van der Waals surface area contributed by atoms with Gasteiger partial charge in [-0.3, -0.25) is 4.79 Å². The quantitative estimate of drug-likeness (QED) is 0.599. The lowest BCUT2D eigenvalue weighted by Gasteiger charge is -2.15. The van der Waals surface area contributed by atoms with E-state index in [0.29, 0.717) is 0 Å². The zero-order valence-corrected chi connectivity index (χ0v) is 7.62. The Balaban J connectivity index is 2.40. The third kappa shape index (κ3) is 1.83. The molecule has 4 heteroatoms. The molecule has 1 atom stereocenters. The molecule has 0 aliphatic carbocycles. The maximum Gasteiger partial charge on any atom is 0.235 e. The molecule has 1 fully saturated rings. The van der Waals surface area contributed by atoms with Crippen LogP contribution in [-0.4, -0.2) is 34.2 Å². The highest BCUT2D eigenvalue weighted by Crippen LogP contribution is 2.15. The average Bonchev–Trinajstić information content (AvgIpc) is 2.36. The van der Waals surface area contributed by atoms with Crippen LogP contribution >= 0.6 is 24.4 Å². The molecule has 0 N–H and O–H groups in total. The predicted molar refractivity (Wildman–Crippen MR) is 47.5 cm³/mol. The molecule has 1 saturated heterocycles. The minimum Gasteiger partial charge on any atom is -0.332 e. The Morgan fingerprint density at radius 3 is 2.90 bits per heavy atom.